The van der Waals surface area contributed by atoms with Crippen molar-refractivity contribution in [2.24, 2.45) is 11.7 Å². The van der Waals surface area contributed by atoms with E-state index in [9.17, 15) is 4.79 Å². The number of hydrogen-bond acceptors (Lipinski definition) is 3. The molecule has 2 aromatic rings. The molecule has 0 aliphatic heterocycles. The number of carbonyl (C=O) groups excluding carboxylic acids is 1. The van der Waals surface area contributed by atoms with E-state index in [1.54, 1.807) is 23.5 Å². The minimum atomic E-state index is -0.501. The summed E-state index contributed by atoms with van der Waals surface area (Å²) in [6.07, 6.45) is 2.51. The molecule has 1 amide bonds. The van der Waals surface area contributed by atoms with Crippen LogP contribution in [0.3, 0.4) is 0 Å². The first-order valence-electron chi connectivity index (χ1n) is 6.54. The summed E-state index contributed by atoms with van der Waals surface area (Å²) in [5.74, 6) is 0.182. The highest BCUT2D eigenvalue weighted by Gasteiger charge is 2.33. The van der Waals surface area contributed by atoms with Crippen molar-refractivity contribution in [3.63, 3.8) is 0 Å². The average Bonchev–Trinajstić information content (AvgIpc) is 3.10. The summed E-state index contributed by atoms with van der Waals surface area (Å²) in [6.45, 7) is 0. The molecule has 1 fully saturated rings. The Kier molecular flexibility index (Phi) is 3.68. The fourth-order valence-corrected chi connectivity index (χ4v) is 3.45. The number of nitrogens with two attached hydrogens (primary N) is 1. The van der Waals surface area contributed by atoms with Crippen LogP contribution in [0.25, 0.3) is 0 Å². The fraction of sp³-hybridized carbons (Fsp3) is 0.267. The van der Waals surface area contributed by atoms with E-state index >= 15 is 0 Å². The SMILES string of the molecule is NC(=O)c1ccc(NC(c2cccs2)C2CC2)cc1Cl. The maximum atomic E-state index is 11.2. The van der Waals surface area contributed by atoms with Crippen molar-refractivity contribution in [3.05, 3.63) is 51.2 Å². The topological polar surface area (TPSA) is 55.1 Å². The molecular weight excluding hydrogens is 292 g/mol. The van der Waals surface area contributed by atoms with Crippen LogP contribution in [-0.2, 0) is 0 Å². The van der Waals surface area contributed by atoms with Gasteiger partial charge in [-0.3, -0.25) is 4.79 Å². The van der Waals surface area contributed by atoms with Crippen molar-refractivity contribution in [1.29, 1.82) is 0 Å². The highest BCUT2D eigenvalue weighted by Crippen LogP contribution is 2.44. The van der Waals surface area contributed by atoms with E-state index in [2.05, 4.69) is 22.8 Å². The number of anilines is 1. The van der Waals surface area contributed by atoms with Gasteiger partial charge in [-0.2, -0.15) is 0 Å². The van der Waals surface area contributed by atoms with Gasteiger partial charge in [0.15, 0.2) is 0 Å². The Morgan fingerprint density at radius 3 is 2.75 bits per heavy atom. The number of thiophene rings is 1. The molecule has 0 spiro atoms. The van der Waals surface area contributed by atoms with E-state index in [4.69, 9.17) is 17.3 Å². The number of rotatable bonds is 5. The molecule has 1 aliphatic carbocycles. The molecule has 0 radical (unpaired) electrons. The second-order valence-corrected chi connectivity index (χ2v) is 6.42. The van der Waals surface area contributed by atoms with Gasteiger partial charge in [-0.25, -0.2) is 0 Å². The van der Waals surface area contributed by atoms with Crippen molar-refractivity contribution in [1.82, 2.24) is 0 Å². The van der Waals surface area contributed by atoms with Crippen LogP contribution in [-0.4, -0.2) is 5.91 Å². The highest BCUT2D eigenvalue weighted by molar-refractivity contribution is 7.10. The van der Waals surface area contributed by atoms with Crippen LogP contribution >= 0.6 is 22.9 Å². The Morgan fingerprint density at radius 2 is 2.20 bits per heavy atom. The third-order valence-corrected chi connectivity index (χ3v) is 4.77. The number of halogens is 1. The Hall–Kier alpha value is -1.52. The lowest BCUT2D eigenvalue weighted by Crippen LogP contribution is -2.13. The number of carbonyl (C=O) groups is 1. The van der Waals surface area contributed by atoms with E-state index in [1.165, 1.54) is 17.7 Å². The standard InChI is InChI=1S/C15H15ClN2OS/c16-12-8-10(5-6-11(12)15(17)19)18-14(9-3-4-9)13-2-1-7-20-13/h1-2,5-9,14,18H,3-4H2,(H2,17,19). The Bertz CT molecular complexity index is 623. The van der Waals surface area contributed by atoms with Crippen LogP contribution in [0.1, 0.15) is 34.1 Å². The summed E-state index contributed by atoms with van der Waals surface area (Å²) in [5, 5.41) is 6.01. The van der Waals surface area contributed by atoms with Crippen LogP contribution in [0.5, 0.6) is 0 Å². The van der Waals surface area contributed by atoms with Gasteiger partial charge in [0.05, 0.1) is 16.6 Å². The summed E-state index contributed by atoms with van der Waals surface area (Å²) in [6, 6.07) is 9.84. The zero-order chi connectivity index (χ0) is 14.1. The van der Waals surface area contributed by atoms with E-state index in [0.717, 1.165) is 5.69 Å². The maximum Gasteiger partial charge on any atom is 0.250 e. The predicted octanol–water partition coefficient (Wildman–Crippen LogP) is 4.06. The molecule has 3 nitrogen and oxygen atoms in total. The summed E-state index contributed by atoms with van der Waals surface area (Å²) < 4.78 is 0. The summed E-state index contributed by atoms with van der Waals surface area (Å²) in [7, 11) is 0. The van der Waals surface area contributed by atoms with E-state index < -0.39 is 5.91 Å². The van der Waals surface area contributed by atoms with E-state index in [0.29, 0.717) is 22.5 Å². The minimum Gasteiger partial charge on any atom is -0.377 e. The van der Waals surface area contributed by atoms with Gasteiger partial charge in [-0.1, -0.05) is 17.7 Å². The number of primary amides is 1. The largest absolute Gasteiger partial charge is 0.377 e. The molecule has 1 atom stereocenters. The Labute approximate surface area is 126 Å². The van der Waals surface area contributed by atoms with Crippen LogP contribution < -0.4 is 11.1 Å². The first-order valence-corrected chi connectivity index (χ1v) is 7.80. The zero-order valence-corrected chi connectivity index (χ0v) is 12.4. The van der Waals surface area contributed by atoms with Crippen molar-refractivity contribution < 1.29 is 4.79 Å². The third-order valence-electron chi connectivity index (χ3n) is 3.50. The van der Waals surface area contributed by atoms with Gasteiger partial charge in [0.1, 0.15) is 0 Å². The molecule has 104 valence electrons. The van der Waals surface area contributed by atoms with E-state index in [-0.39, 0.29) is 0 Å². The van der Waals surface area contributed by atoms with Crippen molar-refractivity contribution in [3.8, 4) is 0 Å². The molecule has 3 N–H and O–H groups in total. The molecule has 0 bridgehead atoms. The molecule has 3 rings (SSSR count). The monoisotopic (exact) mass is 306 g/mol. The van der Waals surface area contributed by atoms with Gasteiger partial charge in [-0.15, -0.1) is 11.3 Å². The molecule has 1 aliphatic rings. The molecule has 20 heavy (non-hydrogen) atoms. The molecule has 1 heterocycles. The Morgan fingerprint density at radius 1 is 1.40 bits per heavy atom. The average molecular weight is 307 g/mol. The van der Waals surface area contributed by atoms with Crippen LogP contribution in [0.15, 0.2) is 35.7 Å². The third kappa shape index (κ3) is 2.81. The quantitative estimate of drug-likeness (QED) is 0.875. The lowest BCUT2D eigenvalue weighted by atomic mass is 10.1. The normalized spacial score (nSPS) is 15.8. The summed E-state index contributed by atoms with van der Waals surface area (Å²) in [5.41, 5.74) is 6.54. The number of nitrogens with one attached hydrogen (secondary N) is 1. The first-order chi connectivity index (χ1) is 9.65. The van der Waals surface area contributed by atoms with Crippen molar-refractivity contribution in [2.75, 3.05) is 5.32 Å². The molecule has 1 aromatic carbocycles. The minimum absolute atomic E-state index is 0.325. The van der Waals surface area contributed by atoms with Crippen molar-refractivity contribution in [2.45, 2.75) is 18.9 Å². The summed E-state index contributed by atoms with van der Waals surface area (Å²) in [4.78, 5) is 12.5. The number of amides is 1. The molecular formula is C15H15ClN2OS. The molecule has 1 unspecified atom stereocenters. The molecule has 5 heteroatoms. The van der Waals surface area contributed by atoms with Gasteiger partial charge in [0.2, 0.25) is 5.91 Å². The second-order valence-electron chi connectivity index (χ2n) is 5.03. The van der Waals surface area contributed by atoms with E-state index in [1.807, 2.05) is 6.07 Å². The predicted molar refractivity (Wildman–Crippen MR) is 83.4 cm³/mol. The lowest BCUT2D eigenvalue weighted by Gasteiger charge is -2.18. The van der Waals surface area contributed by atoms with Gasteiger partial charge >= 0.3 is 0 Å². The first kappa shape index (κ1) is 13.5. The van der Waals surface area contributed by atoms with Crippen molar-refractivity contribution >= 4 is 34.5 Å². The number of benzene rings is 1. The van der Waals surface area contributed by atoms with Gasteiger partial charge < -0.3 is 11.1 Å². The highest BCUT2D eigenvalue weighted by atomic mass is 35.5. The lowest BCUT2D eigenvalue weighted by molar-refractivity contribution is 0.100. The van der Waals surface area contributed by atoms with Gasteiger partial charge in [0.25, 0.3) is 0 Å². The van der Waals surface area contributed by atoms with Crippen LogP contribution in [0, 0.1) is 5.92 Å². The second kappa shape index (κ2) is 5.46. The maximum absolute atomic E-state index is 11.2. The van der Waals surface area contributed by atoms with Gasteiger partial charge in [-0.05, 0) is 48.4 Å². The van der Waals surface area contributed by atoms with Crippen LogP contribution in [0.4, 0.5) is 5.69 Å². The zero-order valence-electron chi connectivity index (χ0n) is 10.8. The number of hydrogen-bond donors (Lipinski definition) is 2. The summed E-state index contributed by atoms with van der Waals surface area (Å²) >= 11 is 7.85. The Balaban J connectivity index is 1.82. The molecule has 1 saturated carbocycles. The smallest absolute Gasteiger partial charge is 0.250 e. The fourth-order valence-electron chi connectivity index (χ4n) is 2.30. The molecule has 0 saturated heterocycles. The van der Waals surface area contributed by atoms with Crippen LogP contribution in [0.2, 0.25) is 5.02 Å². The van der Waals surface area contributed by atoms with Gasteiger partial charge in [0, 0.05) is 10.6 Å². The molecule has 1 aromatic heterocycles.